The molecule has 1 aliphatic heterocycles. The van der Waals surface area contributed by atoms with Crippen LogP contribution in [-0.2, 0) is 24.2 Å². The Morgan fingerprint density at radius 2 is 1.74 bits per heavy atom. The van der Waals surface area contributed by atoms with Crippen molar-refractivity contribution in [2.45, 2.75) is 45.9 Å². The number of carbonyl (C=O) groups is 2. The molecule has 0 bridgehead atoms. The highest BCUT2D eigenvalue weighted by Gasteiger charge is 2.26. The second-order valence-electron chi connectivity index (χ2n) is 10.8. The lowest BCUT2D eigenvalue weighted by molar-refractivity contribution is 0.0139. The first-order chi connectivity index (χ1) is 18.2. The Morgan fingerprint density at radius 1 is 0.974 bits per heavy atom. The number of ketones is 1. The van der Waals surface area contributed by atoms with Crippen LogP contribution in [-0.4, -0.2) is 63.2 Å². The molecule has 0 spiro atoms. The van der Waals surface area contributed by atoms with Crippen molar-refractivity contribution in [2.24, 2.45) is 0 Å². The molecule has 1 aliphatic rings. The standard InChI is InChI=1S/C30H34N4O4/c1-30(2,3)38-29(36)33-13-11-32(12-14-33)19-25-21-37-28-10-9-23(15-26(25)28)16-27(35)24-17-31-34(20-24)18-22-7-5-4-6-8-22/h4-10,15,17,20-21H,11-14,16,18-19H2,1-3H3. The quantitative estimate of drug-likeness (QED) is 0.317. The molecule has 2 aromatic carbocycles. The summed E-state index contributed by atoms with van der Waals surface area (Å²) in [5, 5.41) is 5.39. The lowest BCUT2D eigenvalue weighted by Gasteiger charge is -2.35. The van der Waals surface area contributed by atoms with Gasteiger partial charge in [-0.15, -0.1) is 0 Å². The number of Topliss-reactive ketones (excluding diaryl/α,β-unsaturated/α-hetero) is 1. The van der Waals surface area contributed by atoms with Gasteiger partial charge in [-0.25, -0.2) is 4.79 Å². The second-order valence-corrected chi connectivity index (χ2v) is 10.8. The van der Waals surface area contributed by atoms with Gasteiger partial charge in [-0.1, -0.05) is 36.4 Å². The zero-order valence-corrected chi connectivity index (χ0v) is 22.2. The van der Waals surface area contributed by atoms with Crippen molar-refractivity contribution in [2.75, 3.05) is 26.2 Å². The molecule has 0 N–H and O–H groups in total. The SMILES string of the molecule is CC(C)(C)OC(=O)N1CCN(Cc2coc3ccc(CC(=O)c4cnn(Cc5ccccc5)c4)cc23)CC1. The highest BCUT2D eigenvalue weighted by atomic mass is 16.6. The van der Waals surface area contributed by atoms with Crippen LogP contribution in [0.15, 0.2) is 71.6 Å². The van der Waals surface area contributed by atoms with Crippen LogP contribution < -0.4 is 0 Å². The number of fused-ring (bicyclic) bond motifs is 1. The van der Waals surface area contributed by atoms with Gasteiger partial charge in [0.15, 0.2) is 5.78 Å². The van der Waals surface area contributed by atoms with E-state index < -0.39 is 5.60 Å². The zero-order valence-electron chi connectivity index (χ0n) is 22.2. The van der Waals surface area contributed by atoms with E-state index >= 15 is 0 Å². The van der Waals surface area contributed by atoms with Crippen LogP contribution in [0, 0.1) is 0 Å². The number of hydrogen-bond acceptors (Lipinski definition) is 6. The number of amides is 1. The summed E-state index contributed by atoms with van der Waals surface area (Å²) in [6.07, 6.45) is 5.29. The molecule has 38 heavy (non-hydrogen) atoms. The summed E-state index contributed by atoms with van der Waals surface area (Å²) in [5.41, 5.74) is 4.08. The minimum atomic E-state index is -0.494. The Bertz CT molecular complexity index is 1410. The highest BCUT2D eigenvalue weighted by molar-refractivity contribution is 5.97. The van der Waals surface area contributed by atoms with Crippen molar-refractivity contribution < 1.29 is 18.7 Å². The van der Waals surface area contributed by atoms with Gasteiger partial charge in [-0.05, 0) is 44.0 Å². The fourth-order valence-corrected chi connectivity index (χ4v) is 4.67. The topological polar surface area (TPSA) is 80.8 Å². The molecule has 198 valence electrons. The van der Waals surface area contributed by atoms with E-state index in [0.717, 1.165) is 47.3 Å². The molecule has 0 atom stereocenters. The summed E-state index contributed by atoms with van der Waals surface area (Å²) in [6.45, 7) is 9.77. The first kappa shape index (κ1) is 25.7. The summed E-state index contributed by atoms with van der Waals surface area (Å²) in [7, 11) is 0. The van der Waals surface area contributed by atoms with Gasteiger partial charge in [-0.3, -0.25) is 14.4 Å². The van der Waals surface area contributed by atoms with Crippen LogP contribution >= 0.6 is 0 Å². The number of rotatable bonds is 7. The maximum atomic E-state index is 13.0. The lowest BCUT2D eigenvalue weighted by atomic mass is 10.0. The van der Waals surface area contributed by atoms with Crippen LogP contribution in [0.5, 0.6) is 0 Å². The average molecular weight is 515 g/mol. The minimum absolute atomic E-state index is 0.0342. The van der Waals surface area contributed by atoms with Crippen molar-refractivity contribution in [3.8, 4) is 0 Å². The van der Waals surface area contributed by atoms with Gasteiger partial charge in [0.25, 0.3) is 0 Å². The predicted octanol–water partition coefficient (Wildman–Crippen LogP) is 5.16. The van der Waals surface area contributed by atoms with Crippen molar-refractivity contribution >= 4 is 22.8 Å². The van der Waals surface area contributed by atoms with Crippen molar-refractivity contribution in [3.63, 3.8) is 0 Å². The summed E-state index contributed by atoms with van der Waals surface area (Å²) in [4.78, 5) is 29.4. The Kier molecular flexibility index (Phi) is 7.33. The monoisotopic (exact) mass is 514 g/mol. The smallest absolute Gasteiger partial charge is 0.410 e. The Morgan fingerprint density at radius 3 is 2.47 bits per heavy atom. The van der Waals surface area contributed by atoms with Crippen LogP contribution in [0.25, 0.3) is 11.0 Å². The van der Waals surface area contributed by atoms with E-state index in [1.165, 1.54) is 0 Å². The average Bonchev–Trinajstić information content (AvgIpc) is 3.51. The number of ether oxygens (including phenoxy) is 1. The van der Waals surface area contributed by atoms with E-state index in [-0.39, 0.29) is 11.9 Å². The lowest BCUT2D eigenvalue weighted by Crippen LogP contribution is -2.49. The fraction of sp³-hybridized carbons (Fsp3) is 0.367. The largest absolute Gasteiger partial charge is 0.464 e. The normalized spacial score (nSPS) is 14.7. The van der Waals surface area contributed by atoms with Gasteiger partial charge in [0, 0.05) is 56.3 Å². The van der Waals surface area contributed by atoms with E-state index in [9.17, 15) is 9.59 Å². The van der Waals surface area contributed by atoms with Crippen molar-refractivity contribution in [1.82, 2.24) is 19.6 Å². The van der Waals surface area contributed by atoms with Crippen molar-refractivity contribution in [3.05, 3.63) is 89.4 Å². The number of nitrogens with zero attached hydrogens (tertiary/aromatic N) is 4. The molecule has 0 saturated carbocycles. The van der Waals surface area contributed by atoms with E-state index in [1.807, 2.05) is 69.4 Å². The Hall–Kier alpha value is -3.91. The molecular formula is C30H34N4O4. The minimum Gasteiger partial charge on any atom is -0.464 e. The molecule has 0 aliphatic carbocycles. The van der Waals surface area contributed by atoms with Crippen LogP contribution in [0.3, 0.4) is 0 Å². The van der Waals surface area contributed by atoms with E-state index in [2.05, 4.69) is 16.1 Å². The third-order valence-electron chi connectivity index (χ3n) is 6.64. The maximum absolute atomic E-state index is 13.0. The Balaban J connectivity index is 1.20. The van der Waals surface area contributed by atoms with Gasteiger partial charge >= 0.3 is 6.09 Å². The van der Waals surface area contributed by atoms with E-state index in [4.69, 9.17) is 9.15 Å². The molecular weight excluding hydrogens is 480 g/mol. The molecule has 3 heterocycles. The fourth-order valence-electron chi connectivity index (χ4n) is 4.67. The number of piperazine rings is 1. The summed E-state index contributed by atoms with van der Waals surface area (Å²) in [6, 6.07) is 16.0. The van der Waals surface area contributed by atoms with Gasteiger partial charge in [0.1, 0.15) is 11.2 Å². The Labute approximate surface area is 222 Å². The molecule has 5 rings (SSSR count). The molecule has 1 saturated heterocycles. The second kappa shape index (κ2) is 10.8. The van der Waals surface area contributed by atoms with Crippen LogP contribution in [0.2, 0.25) is 0 Å². The third-order valence-corrected chi connectivity index (χ3v) is 6.64. The number of furan rings is 1. The highest BCUT2D eigenvalue weighted by Crippen LogP contribution is 2.25. The van der Waals surface area contributed by atoms with Crippen LogP contribution in [0.4, 0.5) is 4.79 Å². The molecule has 1 fully saturated rings. The molecule has 4 aromatic rings. The number of benzene rings is 2. The van der Waals surface area contributed by atoms with E-state index in [1.54, 1.807) is 22.0 Å². The number of aromatic nitrogens is 2. The molecule has 1 amide bonds. The first-order valence-electron chi connectivity index (χ1n) is 13.0. The first-order valence-corrected chi connectivity index (χ1v) is 13.0. The van der Waals surface area contributed by atoms with Crippen molar-refractivity contribution in [1.29, 1.82) is 0 Å². The zero-order chi connectivity index (χ0) is 26.7. The molecule has 8 nitrogen and oxygen atoms in total. The summed E-state index contributed by atoms with van der Waals surface area (Å²) < 4.78 is 13.1. The maximum Gasteiger partial charge on any atom is 0.410 e. The number of hydrogen-bond donors (Lipinski definition) is 0. The molecule has 2 aromatic heterocycles. The molecule has 0 radical (unpaired) electrons. The van der Waals surface area contributed by atoms with Gasteiger partial charge < -0.3 is 14.1 Å². The predicted molar refractivity (Wildman–Crippen MR) is 145 cm³/mol. The summed E-state index contributed by atoms with van der Waals surface area (Å²) in [5.74, 6) is 0.0342. The third kappa shape index (κ3) is 6.31. The molecule has 8 heteroatoms. The van der Waals surface area contributed by atoms with Gasteiger partial charge in [-0.2, -0.15) is 5.10 Å². The summed E-state index contributed by atoms with van der Waals surface area (Å²) >= 11 is 0. The van der Waals surface area contributed by atoms with E-state index in [0.29, 0.717) is 31.6 Å². The number of carbonyl (C=O) groups excluding carboxylic acids is 2. The van der Waals surface area contributed by atoms with Gasteiger partial charge in [0.05, 0.1) is 24.6 Å². The molecule has 0 unspecified atom stereocenters. The van der Waals surface area contributed by atoms with Gasteiger partial charge in [0.2, 0.25) is 0 Å². The van der Waals surface area contributed by atoms with Crippen LogP contribution in [0.1, 0.15) is 47.8 Å².